The first-order valence-corrected chi connectivity index (χ1v) is 9.42. The second-order valence-corrected chi connectivity index (χ2v) is 8.71. The van der Waals surface area contributed by atoms with E-state index in [1.807, 2.05) is 0 Å². The van der Waals surface area contributed by atoms with Crippen molar-refractivity contribution in [3.8, 4) is 0 Å². The number of hydrogen-bond acceptors (Lipinski definition) is 3. The van der Waals surface area contributed by atoms with Crippen LogP contribution in [0.1, 0.15) is 42.1 Å². The Bertz CT molecular complexity index is 710. The third-order valence-corrected chi connectivity index (χ3v) is 7.02. The molecule has 0 aromatic heterocycles. The number of fused-ring (bicyclic) bond motifs is 1. The van der Waals surface area contributed by atoms with Crippen LogP contribution in [0.15, 0.2) is 24.3 Å². The maximum absolute atomic E-state index is 13.2. The summed E-state index contributed by atoms with van der Waals surface area (Å²) in [5.41, 5.74) is 0.178. The monoisotopic (exact) mass is 343 g/mol. The molecule has 126 valence electrons. The summed E-state index contributed by atoms with van der Waals surface area (Å²) in [6.07, 6.45) is 2.07. The molecule has 1 amide bonds. The van der Waals surface area contributed by atoms with Crippen LogP contribution in [-0.4, -0.2) is 42.8 Å². The number of amides is 1. The van der Waals surface area contributed by atoms with E-state index >= 15 is 0 Å². The molecule has 2 fully saturated rings. The highest BCUT2D eigenvalue weighted by atomic mass is 32.2. The van der Waals surface area contributed by atoms with Crippen LogP contribution >= 0.6 is 0 Å². The standard InChI is InChI=1S/C16H19F2NO3S/c1-16(17,18)12-7-5-11(6-8-12)15(20)19-9-10-23(21,22)14-4-2-3-13(14)19/h5-8,13-14H,2-4,9-10H2,1H3. The summed E-state index contributed by atoms with van der Waals surface area (Å²) < 4.78 is 50.7. The van der Waals surface area contributed by atoms with Crippen LogP contribution in [0.25, 0.3) is 0 Å². The largest absolute Gasteiger partial charge is 0.333 e. The third-order valence-electron chi connectivity index (χ3n) is 4.80. The maximum atomic E-state index is 13.2. The van der Waals surface area contributed by atoms with Crippen molar-refractivity contribution in [2.75, 3.05) is 12.3 Å². The first kappa shape index (κ1) is 16.4. The highest BCUT2D eigenvalue weighted by Gasteiger charge is 2.46. The molecule has 0 bridgehead atoms. The van der Waals surface area contributed by atoms with E-state index in [1.165, 1.54) is 24.3 Å². The first-order valence-electron chi connectivity index (χ1n) is 7.71. The third kappa shape index (κ3) is 2.98. The van der Waals surface area contributed by atoms with Gasteiger partial charge in [0.15, 0.2) is 9.84 Å². The van der Waals surface area contributed by atoms with Crippen LogP contribution in [0, 0.1) is 0 Å². The molecule has 2 atom stereocenters. The van der Waals surface area contributed by atoms with Gasteiger partial charge in [0.2, 0.25) is 0 Å². The van der Waals surface area contributed by atoms with Gasteiger partial charge in [-0.25, -0.2) is 17.2 Å². The van der Waals surface area contributed by atoms with Crippen LogP contribution in [-0.2, 0) is 15.8 Å². The number of rotatable bonds is 2. The van der Waals surface area contributed by atoms with Crippen LogP contribution in [0.3, 0.4) is 0 Å². The van der Waals surface area contributed by atoms with E-state index < -0.39 is 21.0 Å². The summed E-state index contributed by atoms with van der Waals surface area (Å²) >= 11 is 0. The van der Waals surface area contributed by atoms with Crippen molar-refractivity contribution in [1.29, 1.82) is 0 Å². The number of alkyl halides is 2. The van der Waals surface area contributed by atoms with Gasteiger partial charge in [-0.3, -0.25) is 4.79 Å². The predicted octanol–water partition coefficient (Wildman–Crippen LogP) is 2.59. The highest BCUT2D eigenvalue weighted by molar-refractivity contribution is 7.92. The second-order valence-electron chi connectivity index (χ2n) is 6.37. The van der Waals surface area contributed by atoms with Crippen LogP contribution in [0.5, 0.6) is 0 Å². The molecule has 0 N–H and O–H groups in total. The molecule has 1 aromatic rings. The minimum Gasteiger partial charge on any atom is -0.333 e. The number of sulfone groups is 1. The molecule has 1 aliphatic carbocycles. The molecule has 3 rings (SSSR count). The summed E-state index contributed by atoms with van der Waals surface area (Å²) in [5, 5.41) is -0.473. The van der Waals surface area contributed by atoms with E-state index in [0.717, 1.165) is 13.3 Å². The van der Waals surface area contributed by atoms with Crippen molar-refractivity contribution in [2.24, 2.45) is 0 Å². The van der Waals surface area contributed by atoms with Crippen molar-refractivity contribution in [3.63, 3.8) is 0 Å². The van der Waals surface area contributed by atoms with Gasteiger partial charge in [-0.1, -0.05) is 12.1 Å². The van der Waals surface area contributed by atoms with Crippen molar-refractivity contribution < 1.29 is 22.0 Å². The van der Waals surface area contributed by atoms with Gasteiger partial charge in [0.1, 0.15) is 0 Å². The number of carbonyl (C=O) groups is 1. The van der Waals surface area contributed by atoms with Crippen molar-refractivity contribution >= 4 is 15.7 Å². The van der Waals surface area contributed by atoms with Crippen LogP contribution in [0.2, 0.25) is 0 Å². The number of nitrogens with zero attached hydrogens (tertiary/aromatic N) is 1. The molecule has 4 nitrogen and oxygen atoms in total. The quantitative estimate of drug-likeness (QED) is 0.829. The lowest BCUT2D eigenvalue weighted by atomic mass is 10.1. The molecule has 2 unspecified atom stereocenters. The molecule has 1 saturated carbocycles. The van der Waals surface area contributed by atoms with Crippen LogP contribution < -0.4 is 0 Å². The molecule has 1 aliphatic heterocycles. The Morgan fingerprint density at radius 2 is 1.87 bits per heavy atom. The molecule has 0 spiro atoms. The average Bonchev–Trinajstić information content (AvgIpc) is 2.97. The summed E-state index contributed by atoms with van der Waals surface area (Å²) in [6.45, 7) is 0.983. The molecule has 2 aliphatic rings. The number of carbonyl (C=O) groups excluding carboxylic acids is 1. The Balaban J connectivity index is 1.83. The number of hydrogen-bond donors (Lipinski definition) is 0. The zero-order valence-corrected chi connectivity index (χ0v) is 13.7. The SMILES string of the molecule is CC(F)(F)c1ccc(C(=O)N2CCS(=O)(=O)C3CCCC32)cc1. The minimum absolute atomic E-state index is 0.0228. The fourth-order valence-electron chi connectivity index (χ4n) is 3.55. The zero-order valence-electron chi connectivity index (χ0n) is 12.8. The van der Waals surface area contributed by atoms with Crippen LogP contribution in [0.4, 0.5) is 8.78 Å². The highest BCUT2D eigenvalue weighted by Crippen LogP contribution is 2.34. The number of halogens is 2. The van der Waals surface area contributed by atoms with Gasteiger partial charge < -0.3 is 4.90 Å². The van der Waals surface area contributed by atoms with Gasteiger partial charge in [-0.15, -0.1) is 0 Å². The summed E-state index contributed by atoms with van der Waals surface area (Å²) in [7, 11) is -3.13. The molecule has 1 heterocycles. The lowest BCUT2D eigenvalue weighted by Crippen LogP contribution is -2.54. The molecule has 7 heteroatoms. The fourth-order valence-corrected chi connectivity index (χ4v) is 5.59. The number of benzene rings is 1. The lowest BCUT2D eigenvalue weighted by molar-refractivity contribution is 0.0174. The van der Waals surface area contributed by atoms with Gasteiger partial charge in [0.05, 0.1) is 11.0 Å². The van der Waals surface area contributed by atoms with Gasteiger partial charge >= 0.3 is 0 Å². The topological polar surface area (TPSA) is 54.5 Å². The van der Waals surface area contributed by atoms with Crippen molar-refractivity contribution in [2.45, 2.75) is 43.4 Å². The molecule has 23 heavy (non-hydrogen) atoms. The summed E-state index contributed by atoms with van der Waals surface area (Å²) in [5.74, 6) is -3.25. The van der Waals surface area contributed by atoms with E-state index in [-0.39, 0.29) is 29.8 Å². The van der Waals surface area contributed by atoms with Crippen molar-refractivity contribution in [3.05, 3.63) is 35.4 Å². The summed E-state index contributed by atoms with van der Waals surface area (Å²) in [6, 6.07) is 5.00. The Morgan fingerprint density at radius 3 is 2.48 bits per heavy atom. The van der Waals surface area contributed by atoms with Gasteiger partial charge in [-0.2, -0.15) is 0 Å². The molecule has 1 saturated heterocycles. The van der Waals surface area contributed by atoms with Gasteiger partial charge in [-0.05, 0) is 31.4 Å². The van der Waals surface area contributed by atoms with Gasteiger partial charge in [0.25, 0.3) is 11.8 Å². The molecular weight excluding hydrogens is 324 g/mol. The average molecular weight is 343 g/mol. The molecular formula is C16H19F2NO3S. The Hall–Kier alpha value is -1.50. The van der Waals surface area contributed by atoms with E-state index in [9.17, 15) is 22.0 Å². The molecule has 0 radical (unpaired) electrons. The lowest BCUT2D eigenvalue weighted by Gasteiger charge is -2.37. The van der Waals surface area contributed by atoms with Gasteiger partial charge in [0, 0.05) is 30.6 Å². The molecule has 1 aromatic carbocycles. The first-order chi connectivity index (χ1) is 10.7. The Morgan fingerprint density at radius 1 is 1.22 bits per heavy atom. The van der Waals surface area contributed by atoms with E-state index in [2.05, 4.69) is 0 Å². The normalized spacial score (nSPS) is 26.8. The zero-order chi connectivity index (χ0) is 16.8. The Labute approximate surface area is 134 Å². The summed E-state index contributed by atoms with van der Waals surface area (Å²) in [4.78, 5) is 14.3. The van der Waals surface area contributed by atoms with Crippen molar-refractivity contribution in [1.82, 2.24) is 4.90 Å². The predicted molar refractivity (Wildman–Crippen MR) is 82.3 cm³/mol. The van der Waals surface area contributed by atoms with E-state index in [0.29, 0.717) is 18.4 Å². The Kier molecular flexibility index (Phi) is 3.94. The minimum atomic E-state index is -3.13. The maximum Gasteiger partial charge on any atom is 0.270 e. The smallest absolute Gasteiger partial charge is 0.270 e. The second kappa shape index (κ2) is 5.54. The van der Waals surface area contributed by atoms with E-state index in [1.54, 1.807) is 4.90 Å². The fraction of sp³-hybridized carbons (Fsp3) is 0.562. The van der Waals surface area contributed by atoms with E-state index in [4.69, 9.17) is 0 Å².